The van der Waals surface area contributed by atoms with Gasteiger partial charge in [-0.1, -0.05) is 24.3 Å². The molecule has 1 heterocycles. The Labute approximate surface area is 181 Å². The predicted molar refractivity (Wildman–Crippen MR) is 117 cm³/mol. The van der Waals surface area contributed by atoms with Crippen LogP contribution in [0.1, 0.15) is 24.1 Å². The zero-order chi connectivity index (χ0) is 22.1. The van der Waals surface area contributed by atoms with Crippen LogP contribution in [-0.4, -0.2) is 55.2 Å². The first-order valence-electron chi connectivity index (χ1n) is 10.4. The average Bonchev–Trinajstić information content (AvgIpc) is 2.79. The van der Waals surface area contributed by atoms with Crippen LogP contribution in [0.3, 0.4) is 0 Å². The monoisotopic (exact) mass is 429 g/mol. The van der Waals surface area contributed by atoms with E-state index in [9.17, 15) is 14.5 Å². The molecule has 3 rings (SSSR count). The minimum absolute atomic E-state index is 0.0335. The summed E-state index contributed by atoms with van der Waals surface area (Å²) in [6.45, 7) is 6.47. The lowest BCUT2D eigenvalue weighted by Crippen LogP contribution is -2.46. The van der Waals surface area contributed by atoms with Crippen LogP contribution in [0.15, 0.2) is 53.5 Å². The van der Waals surface area contributed by atoms with E-state index < -0.39 is 4.92 Å². The van der Waals surface area contributed by atoms with Crippen LogP contribution in [0.4, 0.5) is 10.1 Å². The molecule has 2 aromatic rings. The number of benzene rings is 2. The molecular weight excluding hydrogens is 401 g/mol. The third-order valence-electron chi connectivity index (χ3n) is 5.09. The first-order valence-corrected chi connectivity index (χ1v) is 10.4. The number of nitro groups is 1. The molecule has 1 unspecified atom stereocenters. The lowest BCUT2D eigenvalue weighted by atomic mass is 10.0. The molecule has 2 N–H and O–H groups in total. The Kier molecular flexibility index (Phi) is 8.31. The number of guanidine groups is 1. The van der Waals surface area contributed by atoms with Crippen molar-refractivity contribution in [2.75, 3.05) is 39.4 Å². The molecule has 8 nitrogen and oxygen atoms in total. The SMILES string of the molecule is CCNC(=NCc1cccc([N+](=O)[O-])c1)NCC(c1ccc(F)cc1)N1CCOCC1. The second-order valence-electron chi connectivity index (χ2n) is 7.22. The molecule has 1 aliphatic rings. The van der Waals surface area contributed by atoms with Gasteiger partial charge in [0.15, 0.2) is 5.96 Å². The minimum Gasteiger partial charge on any atom is -0.379 e. The van der Waals surface area contributed by atoms with Gasteiger partial charge in [0.2, 0.25) is 0 Å². The number of hydrogen-bond acceptors (Lipinski definition) is 5. The predicted octanol–water partition coefficient (Wildman–Crippen LogP) is 2.86. The van der Waals surface area contributed by atoms with E-state index in [1.165, 1.54) is 24.3 Å². The number of rotatable bonds is 8. The van der Waals surface area contributed by atoms with Crippen LogP contribution < -0.4 is 10.6 Å². The van der Waals surface area contributed by atoms with Gasteiger partial charge in [-0.25, -0.2) is 9.38 Å². The number of nitrogens with zero attached hydrogens (tertiary/aromatic N) is 3. The first-order chi connectivity index (χ1) is 15.1. The van der Waals surface area contributed by atoms with Crippen LogP contribution >= 0.6 is 0 Å². The molecule has 166 valence electrons. The second kappa shape index (κ2) is 11.4. The number of hydrogen-bond donors (Lipinski definition) is 2. The maximum absolute atomic E-state index is 13.4. The summed E-state index contributed by atoms with van der Waals surface area (Å²) in [7, 11) is 0. The van der Waals surface area contributed by atoms with Gasteiger partial charge in [0.05, 0.1) is 30.7 Å². The third-order valence-corrected chi connectivity index (χ3v) is 5.09. The quantitative estimate of drug-likeness (QED) is 0.290. The highest BCUT2D eigenvalue weighted by molar-refractivity contribution is 5.79. The molecule has 9 heteroatoms. The van der Waals surface area contributed by atoms with Crippen LogP contribution in [0.2, 0.25) is 0 Å². The molecule has 0 aromatic heterocycles. The topological polar surface area (TPSA) is 92.0 Å². The number of aliphatic imine (C=N–C) groups is 1. The normalized spacial score (nSPS) is 16.0. The van der Waals surface area contributed by atoms with Gasteiger partial charge >= 0.3 is 0 Å². The molecule has 1 saturated heterocycles. The summed E-state index contributed by atoms with van der Waals surface area (Å²) in [5, 5.41) is 17.6. The van der Waals surface area contributed by atoms with Crippen molar-refractivity contribution < 1.29 is 14.1 Å². The number of nitro benzene ring substituents is 1. The highest BCUT2D eigenvalue weighted by Crippen LogP contribution is 2.21. The molecule has 0 saturated carbocycles. The molecule has 31 heavy (non-hydrogen) atoms. The van der Waals surface area contributed by atoms with E-state index in [-0.39, 0.29) is 17.5 Å². The van der Waals surface area contributed by atoms with Gasteiger partial charge in [-0.3, -0.25) is 15.0 Å². The lowest BCUT2D eigenvalue weighted by molar-refractivity contribution is -0.384. The van der Waals surface area contributed by atoms with Crippen molar-refractivity contribution >= 4 is 11.6 Å². The summed E-state index contributed by atoms with van der Waals surface area (Å²) in [5.74, 6) is 0.360. The maximum atomic E-state index is 13.4. The molecule has 0 spiro atoms. The summed E-state index contributed by atoms with van der Waals surface area (Å²) in [4.78, 5) is 17.5. The van der Waals surface area contributed by atoms with Crippen molar-refractivity contribution in [3.05, 3.63) is 75.6 Å². The first kappa shape index (κ1) is 22.6. The van der Waals surface area contributed by atoms with Gasteiger partial charge in [0, 0.05) is 38.3 Å². The molecule has 0 amide bonds. The van der Waals surface area contributed by atoms with Gasteiger partial charge in [0.1, 0.15) is 5.82 Å². The zero-order valence-electron chi connectivity index (χ0n) is 17.6. The molecule has 1 fully saturated rings. The van der Waals surface area contributed by atoms with Crippen LogP contribution in [0.5, 0.6) is 0 Å². The van der Waals surface area contributed by atoms with Crippen molar-refractivity contribution in [3.63, 3.8) is 0 Å². The van der Waals surface area contributed by atoms with Crippen LogP contribution in [0, 0.1) is 15.9 Å². The Morgan fingerprint density at radius 1 is 1.23 bits per heavy atom. The number of ether oxygens (including phenoxy) is 1. The number of non-ortho nitro benzene ring substituents is 1. The van der Waals surface area contributed by atoms with E-state index in [0.717, 1.165) is 24.2 Å². The Hall–Kier alpha value is -3.04. The molecule has 2 aromatic carbocycles. The average molecular weight is 429 g/mol. The Balaban J connectivity index is 1.71. The molecular formula is C22H28FN5O3. The van der Waals surface area contributed by atoms with E-state index in [2.05, 4.69) is 20.5 Å². The maximum Gasteiger partial charge on any atom is 0.269 e. The molecule has 1 atom stereocenters. The van der Waals surface area contributed by atoms with E-state index in [0.29, 0.717) is 38.8 Å². The third kappa shape index (κ3) is 6.73. The standard InChI is InChI=1S/C22H28FN5O3/c1-2-24-22(25-15-17-4-3-5-20(14-17)28(29)30)26-16-21(27-10-12-31-13-11-27)18-6-8-19(23)9-7-18/h3-9,14,21H,2,10-13,15-16H2,1H3,(H2,24,25,26). The van der Waals surface area contributed by atoms with Gasteiger partial charge in [-0.2, -0.15) is 0 Å². The fraction of sp³-hybridized carbons (Fsp3) is 0.409. The van der Waals surface area contributed by atoms with Crippen molar-refractivity contribution in [1.29, 1.82) is 0 Å². The van der Waals surface area contributed by atoms with Crippen LogP contribution in [0.25, 0.3) is 0 Å². The minimum atomic E-state index is -0.410. The Bertz CT molecular complexity index is 885. The summed E-state index contributed by atoms with van der Waals surface area (Å²) >= 11 is 0. The van der Waals surface area contributed by atoms with Crippen molar-refractivity contribution in [3.8, 4) is 0 Å². The summed E-state index contributed by atoms with van der Waals surface area (Å²) in [6.07, 6.45) is 0. The van der Waals surface area contributed by atoms with Gasteiger partial charge in [-0.15, -0.1) is 0 Å². The van der Waals surface area contributed by atoms with Gasteiger partial charge < -0.3 is 15.4 Å². The van der Waals surface area contributed by atoms with Crippen molar-refractivity contribution in [2.24, 2.45) is 4.99 Å². The smallest absolute Gasteiger partial charge is 0.269 e. The van der Waals surface area contributed by atoms with E-state index in [1.54, 1.807) is 6.07 Å². The fourth-order valence-corrected chi connectivity index (χ4v) is 3.51. The van der Waals surface area contributed by atoms with E-state index in [4.69, 9.17) is 4.74 Å². The van der Waals surface area contributed by atoms with Gasteiger partial charge in [-0.05, 0) is 30.2 Å². The van der Waals surface area contributed by atoms with Crippen LogP contribution in [-0.2, 0) is 11.3 Å². The number of morpholine rings is 1. The van der Waals surface area contributed by atoms with Crippen molar-refractivity contribution in [2.45, 2.75) is 19.5 Å². The highest BCUT2D eigenvalue weighted by atomic mass is 19.1. The summed E-state index contributed by atoms with van der Waals surface area (Å²) < 4.78 is 18.9. The second-order valence-corrected chi connectivity index (χ2v) is 7.22. The van der Waals surface area contributed by atoms with E-state index in [1.807, 2.05) is 25.1 Å². The van der Waals surface area contributed by atoms with Crippen molar-refractivity contribution in [1.82, 2.24) is 15.5 Å². The Morgan fingerprint density at radius 2 is 1.97 bits per heavy atom. The molecule has 0 radical (unpaired) electrons. The number of halogens is 1. The molecule has 0 bridgehead atoms. The molecule has 0 aliphatic carbocycles. The molecule has 1 aliphatic heterocycles. The highest BCUT2D eigenvalue weighted by Gasteiger charge is 2.23. The largest absolute Gasteiger partial charge is 0.379 e. The van der Waals surface area contributed by atoms with Gasteiger partial charge in [0.25, 0.3) is 5.69 Å². The summed E-state index contributed by atoms with van der Waals surface area (Å²) in [6, 6.07) is 13.1. The number of nitrogens with one attached hydrogen (secondary N) is 2. The fourth-order valence-electron chi connectivity index (χ4n) is 3.51. The Morgan fingerprint density at radius 3 is 2.65 bits per heavy atom. The zero-order valence-corrected chi connectivity index (χ0v) is 17.6. The summed E-state index contributed by atoms with van der Waals surface area (Å²) in [5.41, 5.74) is 1.83. The van der Waals surface area contributed by atoms with E-state index >= 15 is 0 Å². The lowest BCUT2D eigenvalue weighted by Gasteiger charge is -2.35.